The van der Waals surface area contributed by atoms with Gasteiger partial charge in [-0.3, -0.25) is 14.5 Å². The number of imide groups is 1. The maximum absolute atomic E-state index is 10.9. The van der Waals surface area contributed by atoms with Gasteiger partial charge in [-0.15, -0.1) is 0 Å². The average molecular weight is 249 g/mol. The molecule has 1 unspecified atom stereocenters. The first-order chi connectivity index (χ1) is 5.84. The third-order valence-corrected chi connectivity index (χ3v) is 2.82. The van der Waals surface area contributed by atoms with Crippen LogP contribution in [0.5, 0.6) is 0 Å². The number of hydrogen-bond donors (Lipinski definition) is 0. The van der Waals surface area contributed by atoms with Crippen molar-refractivity contribution in [3.05, 3.63) is 12.2 Å². The minimum Gasteiger partial charge on any atom is -0.809 e. The van der Waals surface area contributed by atoms with Gasteiger partial charge in [-0.25, -0.2) is 0 Å². The van der Waals surface area contributed by atoms with Crippen LogP contribution in [0.1, 0.15) is 6.92 Å². The SMILES string of the molecule is CC(N1C(=O)C=CC1=O)P(=O)([O-])[O-].[Na+].[Na+]. The Labute approximate surface area is 131 Å². The van der Waals surface area contributed by atoms with Crippen molar-refractivity contribution < 1.29 is 83.1 Å². The van der Waals surface area contributed by atoms with Gasteiger partial charge in [0, 0.05) is 12.2 Å². The third kappa shape index (κ3) is 4.42. The van der Waals surface area contributed by atoms with Crippen molar-refractivity contribution in [2.24, 2.45) is 0 Å². The molecule has 1 rings (SSSR count). The average Bonchev–Trinajstić information content (AvgIpc) is 2.28. The Balaban J connectivity index is 0. The summed E-state index contributed by atoms with van der Waals surface area (Å²) in [6.45, 7) is 1.00. The molecule has 0 radical (unpaired) electrons. The van der Waals surface area contributed by atoms with Gasteiger partial charge < -0.3 is 14.4 Å². The monoisotopic (exact) mass is 249 g/mol. The molecule has 0 spiro atoms. The number of rotatable bonds is 2. The summed E-state index contributed by atoms with van der Waals surface area (Å²) in [5.41, 5.74) is 0. The predicted octanol–water partition coefficient (Wildman–Crippen LogP) is -7.82. The fourth-order valence-electron chi connectivity index (χ4n) is 0.921. The molecule has 0 saturated heterocycles. The quantitative estimate of drug-likeness (QED) is 0.275. The van der Waals surface area contributed by atoms with Gasteiger partial charge in [0.2, 0.25) is 0 Å². The first kappa shape index (κ1) is 18.4. The number of carbonyl (C=O) groups excluding carboxylic acids is 2. The first-order valence-electron chi connectivity index (χ1n) is 3.41. The third-order valence-electron chi connectivity index (χ3n) is 1.67. The summed E-state index contributed by atoms with van der Waals surface area (Å²) in [5, 5.41) is 0. The fourth-order valence-corrected chi connectivity index (χ4v) is 1.43. The Hall–Kier alpha value is 1.03. The minimum absolute atomic E-state index is 0. The topological polar surface area (TPSA) is 101 Å². The second-order valence-corrected chi connectivity index (χ2v) is 4.38. The molecule has 1 aliphatic heterocycles. The molecule has 0 aromatic rings. The van der Waals surface area contributed by atoms with Gasteiger partial charge in [0.1, 0.15) is 0 Å². The summed E-state index contributed by atoms with van der Waals surface area (Å²) in [6, 6.07) is 0. The number of carbonyl (C=O) groups is 2. The zero-order chi connectivity index (χ0) is 10.2. The molecule has 0 fully saturated rings. The molecule has 0 aliphatic carbocycles. The molecule has 1 heterocycles. The van der Waals surface area contributed by atoms with Crippen LogP contribution >= 0.6 is 7.60 Å². The van der Waals surface area contributed by atoms with Crippen LogP contribution in [-0.2, 0) is 14.2 Å². The number of amides is 2. The van der Waals surface area contributed by atoms with E-state index in [2.05, 4.69) is 0 Å². The Bertz CT molecular complexity index is 320. The van der Waals surface area contributed by atoms with Crippen LogP contribution < -0.4 is 68.9 Å². The molecule has 0 saturated carbocycles. The zero-order valence-electron chi connectivity index (χ0n) is 8.67. The summed E-state index contributed by atoms with van der Waals surface area (Å²) in [6.07, 6.45) is 1.85. The van der Waals surface area contributed by atoms with Gasteiger partial charge in [-0.1, -0.05) is 0 Å². The van der Waals surface area contributed by atoms with Gasteiger partial charge >= 0.3 is 59.1 Å². The normalized spacial score (nSPS) is 17.1. The minimum atomic E-state index is -4.94. The number of hydrogen-bond acceptors (Lipinski definition) is 5. The molecule has 0 aromatic heterocycles. The summed E-state index contributed by atoms with van der Waals surface area (Å²) in [5.74, 6) is -3.17. The molecule has 6 nitrogen and oxygen atoms in total. The Morgan fingerprint density at radius 1 is 1.20 bits per heavy atom. The molecule has 0 bridgehead atoms. The van der Waals surface area contributed by atoms with E-state index in [0.717, 1.165) is 19.1 Å². The van der Waals surface area contributed by atoms with Gasteiger partial charge in [-0.05, 0) is 14.5 Å². The second kappa shape index (κ2) is 6.69. The van der Waals surface area contributed by atoms with Crippen molar-refractivity contribution in [1.82, 2.24) is 4.90 Å². The molecule has 0 N–H and O–H groups in total. The van der Waals surface area contributed by atoms with Crippen LogP contribution in [0.3, 0.4) is 0 Å². The molecular weight excluding hydrogens is 243 g/mol. The Kier molecular flexibility index (Phi) is 8.20. The van der Waals surface area contributed by atoms with Gasteiger partial charge in [-0.2, -0.15) is 0 Å². The molecule has 15 heavy (non-hydrogen) atoms. The van der Waals surface area contributed by atoms with Crippen molar-refractivity contribution in [3.8, 4) is 0 Å². The zero-order valence-corrected chi connectivity index (χ0v) is 13.6. The van der Waals surface area contributed by atoms with E-state index in [9.17, 15) is 23.9 Å². The molecule has 1 atom stereocenters. The summed E-state index contributed by atoms with van der Waals surface area (Å²) in [4.78, 5) is 43.2. The van der Waals surface area contributed by atoms with E-state index in [1.54, 1.807) is 0 Å². The van der Waals surface area contributed by atoms with Crippen LogP contribution in [0, 0.1) is 0 Å². The van der Waals surface area contributed by atoms with Crippen LogP contribution in [0.4, 0.5) is 0 Å². The fraction of sp³-hybridized carbons (Fsp3) is 0.333. The second-order valence-electron chi connectivity index (χ2n) is 2.55. The summed E-state index contributed by atoms with van der Waals surface area (Å²) < 4.78 is 10.5. The van der Waals surface area contributed by atoms with Crippen LogP contribution in [-0.4, -0.2) is 22.5 Å². The Morgan fingerprint density at radius 3 is 1.80 bits per heavy atom. The van der Waals surface area contributed by atoms with Crippen LogP contribution in [0.2, 0.25) is 0 Å². The summed E-state index contributed by atoms with van der Waals surface area (Å²) >= 11 is 0. The van der Waals surface area contributed by atoms with E-state index in [1.807, 2.05) is 0 Å². The summed E-state index contributed by atoms with van der Waals surface area (Å²) in [7, 11) is -4.94. The first-order valence-corrected chi connectivity index (χ1v) is 5.02. The van der Waals surface area contributed by atoms with E-state index in [4.69, 9.17) is 0 Å². The molecule has 0 aromatic carbocycles. The molecule has 2 amide bonds. The van der Waals surface area contributed by atoms with E-state index < -0.39 is 25.2 Å². The maximum Gasteiger partial charge on any atom is 1.00 e. The Morgan fingerprint density at radius 2 is 1.53 bits per heavy atom. The van der Waals surface area contributed by atoms with E-state index in [0.29, 0.717) is 4.90 Å². The van der Waals surface area contributed by atoms with Crippen molar-refractivity contribution in [1.29, 1.82) is 0 Å². The standard InChI is InChI=1S/C6H8NO5P.2Na/c1-4(13(10,11)12)7-5(8)2-3-6(7)9;;/h2-4H,1H3,(H2,10,11,12);;/q;2*+1/p-2. The molecule has 1 aliphatic rings. The largest absolute Gasteiger partial charge is 1.00 e. The molecule has 72 valence electrons. The van der Waals surface area contributed by atoms with E-state index in [-0.39, 0.29) is 59.1 Å². The molecule has 9 heteroatoms. The van der Waals surface area contributed by atoms with Gasteiger partial charge in [0.25, 0.3) is 11.8 Å². The predicted molar refractivity (Wildman–Crippen MR) is 38.1 cm³/mol. The van der Waals surface area contributed by atoms with Gasteiger partial charge in [0.05, 0.1) is 5.78 Å². The van der Waals surface area contributed by atoms with Crippen molar-refractivity contribution in [2.45, 2.75) is 12.7 Å². The van der Waals surface area contributed by atoms with Crippen molar-refractivity contribution >= 4 is 19.4 Å². The van der Waals surface area contributed by atoms with E-state index in [1.165, 1.54) is 0 Å². The van der Waals surface area contributed by atoms with Crippen molar-refractivity contribution in [3.63, 3.8) is 0 Å². The smallest absolute Gasteiger partial charge is 0.809 e. The van der Waals surface area contributed by atoms with Gasteiger partial charge in [0.15, 0.2) is 0 Å². The van der Waals surface area contributed by atoms with Crippen LogP contribution in [0.15, 0.2) is 12.2 Å². The van der Waals surface area contributed by atoms with Crippen LogP contribution in [0.25, 0.3) is 0 Å². The number of nitrogens with zero attached hydrogens (tertiary/aromatic N) is 1. The molecular formula is C6H6NNa2O5P. The maximum atomic E-state index is 10.9. The van der Waals surface area contributed by atoms with E-state index >= 15 is 0 Å². The van der Waals surface area contributed by atoms with Crippen molar-refractivity contribution in [2.75, 3.05) is 0 Å².